The number of alkyl halides is 3. The quantitative estimate of drug-likeness (QED) is 0.833. The first-order valence-electron chi connectivity index (χ1n) is 5.53. The lowest BCUT2D eigenvalue weighted by molar-refractivity contribution is -0.172. The third-order valence-electron chi connectivity index (χ3n) is 2.60. The van der Waals surface area contributed by atoms with Gasteiger partial charge in [-0.25, -0.2) is 0 Å². The van der Waals surface area contributed by atoms with Crippen LogP contribution in [0.5, 0.6) is 0 Å². The molecule has 2 heterocycles. The largest absolute Gasteiger partial charge is 0.450 e. The summed E-state index contributed by atoms with van der Waals surface area (Å²) in [5.74, 6) is -3.77. The van der Waals surface area contributed by atoms with E-state index in [1.54, 1.807) is 0 Å². The maximum atomic E-state index is 12.3. The second kappa shape index (κ2) is 5.25. The predicted octanol–water partition coefficient (Wildman–Crippen LogP) is 1.39. The summed E-state index contributed by atoms with van der Waals surface area (Å²) in [6, 6.07) is 0. The zero-order valence-electron chi connectivity index (χ0n) is 9.94. The van der Waals surface area contributed by atoms with Crippen LogP contribution in [0.1, 0.15) is 30.7 Å². The van der Waals surface area contributed by atoms with Crippen LogP contribution in [0.25, 0.3) is 0 Å². The molecular weight excluding hydrogens is 269 g/mol. The molecule has 0 radical (unpaired) electrons. The van der Waals surface area contributed by atoms with Crippen molar-refractivity contribution >= 4 is 5.78 Å². The third kappa shape index (κ3) is 3.10. The third-order valence-corrected chi connectivity index (χ3v) is 2.60. The van der Waals surface area contributed by atoms with E-state index in [0.717, 1.165) is 6.92 Å². The van der Waals surface area contributed by atoms with Crippen molar-refractivity contribution in [2.24, 2.45) is 0 Å². The minimum absolute atomic E-state index is 0.0801. The highest BCUT2D eigenvalue weighted by atomic mass is 19.4. The summed E-state index contributed by atoms with van der Waals surface area (Å²) in [6.07, 6.45) is -5.52. The van der Waals surface area contributed by atoms with E-state index in [4.69, 9.17) is 9.47 Å². The Kier molecular flexibility index (Phi) is 3.85. The van der Waals surface area contributed by atoms with Crippen molar-refractivity contribution in [1.29, 1.82) is 0 Å². The molecule has 2 unspecified atom stereocenters. The zero-order chi connectivity index (χ0) is 14.0. The average Bonchev–Trinajstić information content (AvgIpc) is 2.86. The number of halogens is 3. The van der Waals surface area contributed by atoms with Crippen LogP contribution >= 0.6 is 0 Å². The molecular formula is C10H11F3N2O4. The molecule has 1 saturated heterocycles. The Bertz CT molecular complexity index is 454. The second-order valence-corrected chi connectivity index (χ2v) is 4.01. The molecule has 1 aromatic heterocycles. The van der Waals surface area contributed by atoms with Crippen LogP contribution in [-0.2, 0) is 14.3 Å². The van der Waals surface area contributed by atoms with Crippen LogP contribution in [0.2, 0.25) is 0 Å². The van der Waals surface area contributed by atoms with E-state index >= 15 is 0 Å². The van der Waals surface area contributed by atoms with Gasteiger partial charge in [0.25, 0.3) is 0 Å². The van der Waals surface area contributed by atoms with Crippen molar-refractivity contribution in [3.05, 3.63) is 11.7 Å². The van der Waals surface area contributed by atoms with E-state index in [2.05, 4.69) is 14.7 Å². The molecule has 0 saturated carbocycles. The van der Waals surface area contributed by atoms with E-state index < -0.39 is 24.0 Å². The molecule has 6 nitrogen and oxygen atoms in total. The number of carbonyl (C=O) groups is 1. The molecule has 1 aliphatic rings. The fraction of sp³-hybridized carbons (Fsp3) is 0.700. The van der Waals surface area contributed by atoms with E-state index in [1.165, 1.54) is 0 Å². The number of Topliss-reactive ketones (excluding diaryl/α,β-unsaturated/α-hetero) is 1. The Morgan fingerprint density at radius 2 is 2.16 bits per heavy atom. The van der Waals surface area contributed by atoms with Gasteiger partial charge in [0.1, 0.15) is 12.0 Å². The van der Waals surface area contributed by atoms with E-state index in [-0.39, 0.29) is 18.3 Å². The normalized spacial score (nSPS) is 22.2. The number of carbonyl (C=O) groups excluding carboxylic acids is 1. The van der Waals surface area contributed by atoms with Crippen molar-refractivity contribution < 1.29 is 32.0 Å². The molecule has 1 aromatic rings. The van der Waals surface area contributed by atoms with Crippen LogP contribution in [0, 0.1) is 0 Å². The van der Waals surface area contributed by atoms with Crippen molar-refractivity contribution in [2.45, 2.75) is 25.1 Å². The monoisotopic (exact) mass is 280 g/mol. The zero-order valence-corrected chi connectivity index (χ0v) is 9.94. The maximum Gasteiger partial charge on any atom is 0.450 e. The smallest absolute Gasteiger partial charge is 0.376 e. The molecule has 2 rings (SSSR count). The van der Waals surface area contributed by atoms with Crippen molar-refractivity contribution in [3.8, 4) is 0 Å². The van der Waals surface area contributed by atoms with Crippen LogP contribution < -0.4 is 0 Å². The molecule has 0 spiro atoms. The van der Waals surface area contributed by atoms with Crippen molar-refractivity contribution in [2.75, 3.05) is 19.8 Å². The molecule has 2 atom stereocenters. The molecule has 0 N–H and O–H groups in total. The molecule has 106 valence electrons. The van der Waals surface area contributed by atoms with Gasteiger partial charge in [-0.3, -0.25) is 4.79 Å². The summed E-state index contributed by atoms with van der Waals surface area (Å²) in [5.41, 5.74) is 0. The van der Waals surface area contributed by atoms with E-state index in [9.17, 15) is 18.0 Å². The summed E-state index contributed by atoms with van der Waals surface area (Å²) < 4.78 is 51.8. The standard InChI is InChI=1S/C10H11F3N2O4/c1-5(7(16)10(11,12)13)9-14-8(15-19-9)6-4-17-2-3-18-6/h5-6H,2-4H2,1H3. The molecule has 19 heavy (non-hydrogen) atoms. The Hall–Kier alpha value is -1.48. The van der Waals surface area contributed by atoms with Gasteiger partial charge in [-0.05, 0) is 6.92 Å². The van der Waals surface area contributed by atoms with Gasteiger partial charge in [0.2, 0.25) is 17.5 Å². The lowest BCUT2D eigenvalue weighted by Gasteiger charge is -2.19. The minimum Gasteiger partial charge on any atom is -0.376 e. The highest BCUT2D eigenvalue weighted by Crippen LogP contribution is 2.27. The van der Waals surface area contributed by atoms with Crippen LogP contribution in [0.15, 0.2) is 4.52 Å². The fourth-order valence-electron chi connectivity index (χ4n) is 1.55. The van der Waals surface area contributed by atoms with E-state index in [0.29, 0.717) is 13.2 Å². The number of nitrogens with zero attached hydrogens (tertiary/aromatic N) is 2. The highest BCUT2D eigenvalue weighted by Gasteiger charge is 2.44. The highest BCUT2D eigenvalue weighted by molar-refractivity contribution is 5.89. The van der Waals surface area contributed by atoms with Crippen molar-refractivity contribution in [1.82, 2.24) is 10.1 Å². The molecule has 1 fully saturated rings. The van der Waals surface area contributed by atoms with Gasteiger partial charge in [-0.1, -0.05) is 5.16 Å². The molecule has 0 aliphatic carbocycles. The topological polar surface area (TPSA) is 74.5 Å². The lowest BCUT2D eigenvalue weighted by atomic mass is 10.1. The Balaban J connectivity index is 2.10. The van der Waals surface area contributed by atoms with Crippen LogP contribution in [-0.4, -0.2) is 41.9 Å². The van der Waals surface area contributed by atoms with Crippen LogP contribution in [0.3, 0.4) is 0 Å². The maximum absolute atomic E-state index is 12.3. The van der Waals surface area contributed by atoms with Gasteiger partial charge >= 0.3 is 6.18 Å². The molecule has 0 aromatic carbocycles. The number of ketones is 1. The van der Waals surface area contributed by atoms with Gasteiger partial charge in [-0.15, -0.1) is 0 Å². The average molecular weight is 280 g/mol. The summed E-state index contributed by atoms with van der Waals surface area (Å²) in [5, 5.41) is 3.51. The summed E-state index contributed by atoms with van der Waals surface area (Å²) in [6.45, 7) is 2.03. The summed E-state index contributed by atoms with van der Waals surface area (Å²) >= 11 is 0. The predicted molar refractivity (Wildman–Crippen MR) is 53.3 cm³/mol. The van der Waals surface area contributed by atoms with Gasteiger partial charge in [0.05, 0.1) is 19.8 Å². The molecule has 0 bridgehead atoms. The van der Waals surface area contributed by atoms with Crippen LogP contribution in [0.4, 0.5) is 13.2 Å². The minimum atomic E-state index is -4.93. The molecule has 1 aliphatic heterocycles. The first kappa shape index (κ1) is 13.9. The molecule has 9 heteroatoms. The Labute approximate surface area is 105 Å². The SMILES string of the molecule is CC(C(=O)C(F)(F)F)c1nc(C2COCCO2)no1. The van der Waals surface area contributed by atoms with Gasteiger partial charge in [0.15, 0.2) is 0 Å². The summed E-state index contributed by atoms with van der Waals surface area (Å²) in [4.78, 5) is 14.8. The van der Waals surface area contributed by atoms with Crippen molar-refractivity contribution in [3.63, 3.8) is 0 Å². The van der Waals surface area contributed by atoms with Gasteiger partial charge in [-0.2, -0.15) is 18.2 Å². The second-order valence-electron chi connectivity index (χ2n) is 4.01. The Morgan fingerprint density at radius 3 is 2.74 bits per heavy atom. The number of aromatic nitrogens is 2. The first-order chi connectivity index (χ1) is 8.89. The fourth-order valence-corrected chi connectivity index (χ4v) is 1.55. The Morgan fingerprint density at radius 1 is 1.42 bits per heavy atom. The van der Waals surface area contributed by atoms with Gasteiger partial charge in [0, 0.05) is 0 Å². The number of hydrogen-bond acceptors (Lipinski definition) is 6. The van der Waals surface area contributed by atoms with E-state index in [1.807, 2.05) is 0 Å². The lowest BCUT2D eigenvalue weighted by Crippen LogP contribution is -2.28. The van der Waals surface area contributed by atoms with Gasteiger partial charge < -0.3 is 14.0 Å². The molecule has 0 amide bonds. The first-order valence-corrected chi connectivity index (χ1v) is 5.53. The number of rotatable bonds is 3. The number of ether oxygens (including phenoxy) is 2. The number of hydrogen-bond donors (Lipinski definition) is 0. The summed E-state index contributed by atoms with van der Waals surface area (Å²) in [7, 11) is 0.